The Morgan fingerprint density at radius 1 is 1.89 bits per heavy atom. The molecule has 5 nitrogen and oxygen atoms in total. The Morgan fingerprint density at radius 2 is 2.56 bits per heavy atom. The van der Waals surface area contributed by atoms with E-state index in [4.69, 9.17) is 0 Å². The fourth-order valence-electron chi connectivity index (χ4n) is 0.585. The van der Waals surface area contributed by atoms with Gasteiger partial charge in [0, 0.05) is 6.08 Å². The largest absolute Gasteiger partial charge is 0.358 e. The number of nitrogens with one attached hydrogen (secondary N) is 1. The third kappa shape index (κ3) is 0.996. The van der Waals surface area contributed by atoms with Crippen molar-refractivity contribution in [3.8, 4) is 0 Å². The summed E-state index contributed by atoms with van der Waals surface area (Å²) in [6.07, 6.45) is 1.40. The number of nitro groups is 1. The predicted octanol–water partition coefficient (Wildman–Crippen LogP) is -0.284. The first-order valence-electron chi connectivity index (χ1n) is 2.39. The second-order valence-electron chi connectivity index (χ2n) is 1.64. The lowest BCUT2D eigenvalue weighted by molar-refractivity contribution is -0.445. The summed E-state index contributed by atoms with van der Waals surface area (Å²) in [5.41, 5.74) is 2.62. The molecule has 0 fully saturated rings. The monoisotopic (exact) mass is 128 g/mol. The summed E-state index contributed by atoms with van der Waals surface area (Å²) >= 11 is 0. The summed E-state index contributed by atoms with van der Waals surface area (Å²) in [4.78, 5) is 9.60. The Bertz CT molecular complexity index is 165. The summed E-state index contributed by atoms with van der Waals surface area (Å²) < 4.78 is 0. The molecule has 0 aromatic heterocycles. The van der Waals surface area contributed by atoms with Gasteiger partial charge in [-0.2, -0.15) is 10.4 Å². The Kier molecular flexibility index (Phi) is 1.35. The van der Waals surface area contributed by atoms with E-state index >= 15 is 0 Å². The molecule has 0 saturated carbocycles. The average Bonchev–Trinajstić information content (AvgIpc) is 2.13. The standard InChI is InChI=1S/C4H6N3O2/c1-6-4(7(8)9)2-3-5-6/h2-3,5H,1H3. The maximum Gasteiger partial charge on any atom is 0.333 e. The van der Waals surface area contributed by atoms with Crippen LogP contribution in [0.4, 0.5) is 0 Å². The maximum absolute atomic E-state index is 10.0. The first kappa shape index (κ1) is 6.03. The second-order valence-corrected chi connectivity index (χ2v) is 1.64. The molecule has 0 aliphatic carbocycles. The van der Waals surface area contributed by atoms with Crippen LogP contribution in [0.2, 0.25) is 0 Å². The number of hydrogen-bond acceptors (Lipinski definition) is 4. The van der Waals surface area contributed by atoms with Gasteiger partial charge in [-0.15, -0.1) is 0 Å². The fourth-order valence-corrected chi connectivity index (χ4v) is 0.585. The van der Waals surface area contributed by atoms with Crippen molar-refractivity contribution in [1.29, 1.82) is 0 Å². The first-order valence-corrected chi connectivity index (χ1v) is 2.39. The number of hydrogen-bond donors (Lipinski definition) is 1. The average molecular weight is 128 g/mol. The van der Waals surface area contributed by atoms with Crippen LogP contribution in [-0.2, 0) is 0 Å². The van der Waals surface area contributed by atoms with Crippen molar-refractivity contribution in [1.82, 2.24) is 10.4 Å². The van der Waals surface area contributed by atoms with Crippen LogP contribution in [0.1, 0.15) is 0 Å². The van der Waals surface area contributed by atoms with Gasteiger partial charge in [-0.1, -0.05) is 0 Å². The fraction of sp³-hybridized carbons (Fsp3) is 0.250. The number of hydrazine groups is 1. The number of rotatable bonds is 1. The van der Waals surface area contributed by atoms with Gasteiger partial charge in [0.2, 0.25) is 0 Å². The van der Waals surface area contributed by atoms with E-state index in [9.17, 15) is 10.1 Å². The van der Waals surface area contributed by atoms with Crippen LogP contribution in [0.5, 0.6) is 0 Å². The molecular formula is C4H6N3O2. The molecule has 1 rings (SSSR count). The van der Waals surface area contributed by atoms with Crippen molar-refractivity contribution in [3.05, 3.63) is 28.6 Å². The molecule has 1 heterocycles. The van der Waals surface area contributed by atoms with Crippen LogP contribution in [-0.4, -0.2) is 17.0 Å². The van der Waals surface area contributed by atoms with Crippen molar-refractivity contribution in [2.24, 2.45) is 0 Å². The Balaban J connectivity index is 2.68. The summed E-state index contributed by atoms with van der Waals surface area (Å²) in [6, 6.07) is 0. The minimum atomic E-state index is -0.448. The normalized spacial score (nSPS) is 17.9. The van der Waals surface area contributed by atoms with Crippen molar-refractivity contribution in [2.45, 2.75) is 0 Å². The van der Waals surface area contributed by atoms with Crippen molar-refractivity contribution in [2.75, 3.05) is 7.05 Å². The van der Waals surface area contributed by atoms with Gasteiger partial charge in [0.25, 0.3) is 0 Å². The predicted molar refractivity (Wildman–Crippen MR) is 30.3 cm³/mol. The van der Waals surface area contributed by atoms with Crippen LogP contribution >= 0.6 is 0 Å². The van der Waals surface area contributed by atoms with Gasteiger partial charge in [-0.05, 0) is 4.92 Å². The number of nitrogens with zero attached hydrogens (tertiary/aromatic N) is 2. The van der Waals surface area contributed by atoms with Crippen LogP contribution in [0.25, 0.3) is 0 Å². The highest BCUT2D eigenvalue weighted by atomic mass is 16.6. The lowest BCUT2D eigenvalue weighted by Gasteiger charge is -2.04. The quantitative estimate of drug-likeness (QED) is 0.389. The molecule has 9 heavy (non-hydrogen) atoms. The molecule has 0 aromatic rings. The molecule has 0 saturated heterocycles. The van der Waals surface area contributed by atoms with Crippen molar-refractivity contribution < 1.29 is 4.92 Å². The van der Waals surface area contributed by atoms with Crippen LogP contribution in [0.15, 0.2) is 11.9 Å². The molecule has 1 N–H and O–H groups in total. The molecule has 0 unspecified atom stereocenters. The molecule has 1 aliphatic heterocycles. The Morgan fingerprint density at radius 3 is 2.78 bits per heavy atom. The van der Waals surface area contributed by atoms with E-state index in [1.54, 1.807) is 7.05 Å². The zero-order valence-electron chi connectivity index (χ0n) is 4.87. The highest BCUT2D eigenvalue weighted by Gasteiger charge is 2.20. The maximum atomic E-state index is 10.0. The van der Waals surface area contributed by atoms with E-state index in [-0.39, 0.29) is 5.82 Å². The Hall–Kier alpha value is -1.10. The van der Waals surface area contributed by atoms with Crippen molar-refractivity contribution in [3.63, 3.8) is 0 Å². The summed E-state index contributed by atoms with van der Waals surface area (Å²) in [7, 11) is 1.58. The summed E-state index contributed by atoms with van der Waals surface area (Å²) in [6.45, 7) is 1.51. The molecule has 0 spiro atoms. The lowest BCUT2D eigenvalue weighted by atomic mass is 10.6. The van der Waals surface area contributed by atoms with Gasteiger partial charge in [-0.25, -0.2) is 0 Å². The van der Waals surface area contributed by atoms with E-state index in [1.807, 2.05) is 0 Å². The molecule has 1 radical (unpaired) electrons. The highest BCUT2D eigenvalue weighted by molar-refractivity contribution is 5.03. The van der Waals surface area contributed by atoms with Gasteiger partial charge < -0.3 is 10.1 Å². The molecule has 49 valence electrons. The van der Waals surface area contributed by atoms with Crippen LogP contribution in [0.3, 0.4) is 0 Å². The molecule has 0 atom stereocenters. The topological polar surface area (TPSA) is 58.4 Å². The SMILES string of the molecule is CN1N[CH]C=C1[N+](=O)[O-]. The molecule has 0 aromatic carbocycles. The Labute approximate surface area is 52.1 Å². The van der Waals surface area contributed by atoms with Crippen LogP contribution in [0, 0.1) is 16.7 Å². The zero-order valence-corrected chi connectivity index (χ0v) is 4.87. The molecule has 1 aliphatic rings. The first-order chi connectivity index (χ1) is 4.22. The molecule has 5 heteroatoms. The third-order valence-corrected chi connectivity index (χ3v) is 1.03. The van der Waals surface area contributed by atoms with Gasteiger partial charge in [0.15, 0.2) is 0 Å². The smallest absolute Gasteiger partial charge is 0.333 e. The minimum Gasteiger partial charge on any atom is -0.358 e. The summed E-state index contributed by atoms with van der Waals surface area (Å²) in [5, 5.41) is 11.4. The van der Waals surface area contributed by atoms with Gasteiger partial charge >= 0.3 is 5.82 Å². The molecular weight excluding hydrogens is 122 g/mol. The van der Waals surface area contributed by atoms with Gasteiger partial charge in [0.05, 0.1) is 13.6 Å². The second kappa shape index (κ2) is 2.02. The van der Waals surface area contributed by atoms with E-state index < -0.39 is 4.92 Å². The minimum absolute atomic E-state index is 0.0648. The lowest BCUT2D eigenvalue weighted by Crippen LogP contribution is -2.28. The highest BCUT2D eigenvalue weighted by Crippen LogP contribution is 2.05. The zero-order chi connectivity index (χ0) is 6.85. The van der Waals surface area contributed by atoms with Gasteiger partial charge in [0.1, 0.15) is 0 Å². The van der Waals surface area contributed by atoms with Crippen molar-refractivity contribution >= 4 is 0 Å². The molecule has 0 bridgehead atoms. The third-order valence-electron chi connectivity index (χ3n) is 1.03. The molecule has 0 amide bonds. The van der Waals surface area contributed by atoms with E-state index in [2.05, 4.69) is 5.43 Å². The van der Waals surface area contributed by atoms with E-state index in [0.29, 0.717) is 0 Å². The van der Waals surface area contributed by atoms with Crippen LogP contribution < -0.4 is 5.43 Å². The van der Waals surface area contributed by atoms with E-state index in [0.717, 1.165) is 0 Å². The van der Waals surface area contributed by atoms with E-state index in [1.165, 1.54) is 17.6 Å². The summed E-state index contributed by atoms with van der Waals surface area (Å²) in [5.74, 6) is 0.0648. The van der Waals surface area contributed by atoms with Gasteiger partial charge in [-0.3, -0.25) is 0 Å².